The van der Waals surface area contributed by atoms with Crippen molar-refractivity contribution in [3.05, 3.63) is 75.3 Å². The van der Waals surface area contributed by atoms with Crippen LogP contribution in [0.4, 0.5) is 5.69 Å². The van der Waals surface area contributed by atoms with Gasteiger partial charge in [0.15, 0.2) is 6.61 Å². The van der Waals surface area contributed by atoms with Crippen LogP contribution < -0.4 is 0 Å². The number of piperidine rings is 1. The van der Waals surface area contributed by atoms with E-state index in [0.29, 0.717) is 24.6 Å². The van der Waals surface area contributed by atoms with Gasteiger partial charge >= 0.3 is 5.97 Å². The largest absolute Gasteiger partial charge is 0.452 e. The molecule has 1 amide bonds. The number of nitrogens with zero attached hydrogens (tertiary/aromatic N) is 2. The van der Waals surface area contributed by atoms with E-state index >= 15 is 0 Å². The van der Waals surface area contributed by atoms with Crippen LogP contribution in [-0.4, -0.2) is 41.4 Å². The van der Waals surface area contributed by atoms with Crippen molar-refractivity contribution in [3.8, 4) is 0 Å². The Morgan fingerprint density at radius 3 is 2.45 bits per heavy atom. The average Bonchev–Trinajstić information content (AvgIpc) is 2.72. The molecule has 0 bridgehead atoms. The maximum absolute atomic E-state index is 12.4. The molecule has 29 heavy (non-hydrogen) atoms. The van der Waals surface area contributed by atoms with E-state index in [2.05, 4.69) is 12.1 Å². The lowest BCUT2D eigenvalue weighted by Crippen LogP contribution is -2.41. The first kappa shape index (κ1) is 20.5. The predicted octanol–water partition coefficient (Wildman–Crippen LogP) is 3.54. The second-order valence-corrected chi connectivity index (χ2v) is 7.32. The number of aryl methyl sites for hydroxylation is 1. The van der Waals surface area contributed by atoms with Gasteiger partial charge in [0, 0.05) is 18.7 Å². The van der Waals surface area contributed by atoms with Gasteiger partial charge < -0.3 is 9.64 Å². The molecule has 1 heterocycles. The SMILES string of the molecule is Cc1cccc(C(=O)OCC(=O)N2CCC(Cc3ccccc3)CC2)c1[N+](=O)[O-]. The minimum absolute atomic E-state index is 0.135. The van der Waals surface area contributed by atoms with Crippen molar-refractivity contribution in [2.24, 2.45) is 5.92 Å². The maximum Gasteiger partial charge on any atom is 0.345 e. The topological polar surface area (TPSA) is 89.8 Å². The van der Waals surface area contributed by atoms with Gasteiger partial charge in [0.25, 0.3) is 11.6 Å². The Labute approximate surface area is 169 Å². The van der Waals surface area contributed by atoms with Gasteiger partial charge in [-0.25, -0.2) is 4.79 Å². The summed E-state index contributed by atoms with van der Waals surface area (Å²) in [5.74, 6) is -0.599. The van der Waals surface area contributed by atoms with Crippen LogP contribution in [0.2, 0.25) is 0 Å². The smallest absolute Gasteiger partial charge is 0.345 e. The van der Waals surface area contributed by atoms with E-state index in [4.69, 9.17) is 4.74 Å². The zero-order chi connectivity index (χ0) is 20.8. The van der Waals surface area contributed by atoms with E-state index in [-0.39, 0.29) is 17.2 Å². The summed E-state index contributed by atoms with van der Waals surface area (Å²) in [7, 11) is 0. The van der Waals surface area contributed by atoms with Gasteiger partial charge in [-0.05, 0) is 43.7 Å². The first-order valence-electron chi connectivity index (χ1n) is 9.68. The van der Waals surface area contributed by atoms with E-state index in [1.165, 1.54) is 11.6 Å². The summed E-state index contributed by atoms with van der Waals surface area (Å²) in [6.07, 6.45) is 2.80. The third-order valence-corrected chi connectivity index (χ3v) is 5.30. The van der Waals surface area contributed by atoms with Gasteiger partial charge in [-0.3, -0.25) is 14.9 Å². The summed E-state index contributed by atoms with van der Waals surface area (Å²) in [5, 5.41) is 11.2. The number of rotatable bonds is 6. The molecule has 0 atom stereocenters. The minimum atomic E-state index is -0.854. The van der Waals surface area contributed by atoms with Gasteiger partial charge in [0.05, 0.1) is 4.92 Å². The van der Waals surface area contributed by atoms with Gasteiger partial charge in [0.2, 0.25) is 0 Å². The third-order valence-electron chi connectivity index (χ3n) is 5.30. The van der Waals surface area contributed by atoms with Crippen LogP contribution in [0, 0.1) is 23.0 Å². The molecule has 152 valence electrons. The van der Waals surface area contributed by atoms with Crippen LogP contribution in [0.5, 0.6) is 0 Å². The van der Waals surface area contributed by atoms with Crippen molar-refractivity contribution >= 4 is 17.6 Å². The fourth-order valence-electron chi connectivity index (χ4n) is 3.70. The molecule has 1 fully saturated rings. The third kappa shape index (κ3) is 5.19. The van der Waals surface area contributed by atoms with E-state index < -0.39 is 17.5 Å². The van der Waals surface area contributed by atoms with Gasteiger partial charge in [-0.1, -0.05) is 42.5 Å². The molecule has 0 radical (unpaired) electrons. The fraction of sp³-hybridized carbons (Fsp3) is 0.364. The number of hydrogen-bond donors (Lipinski definition) is 0. The number of ether oxygens (including phenoxy) is 1. The maximum atomic E-state index is 12.4. The van der Waals surface area contributed by atoms with Gasteiger partial charge in [0.1, 0.15) is 5.56 Å². The number of nitro benzene ring substituents is 1. The predicted molar refractivity (Wildman–Crippen MR) is 108 cm³/mol. The molecule has 0 spiro atoms. The first-order valence-corrected chi connectivity index (χ1v) is 9.68. The average molecular weight is 396 g/mol. The number of carbonyl (C=O) groups excluding carboxylic acids is 2. The van der Waals surface area contributed by atoms with E-state index in [1.807, 2.05) is 18.2 Å². The molecule has 1 aliphatic rings. The van der Waals surface area contributed by atoms with Crippen molar-refractivity contribution in [1.82, 2.24) is 4.90 Å². The zero-order valence-electron chi connectivity index (χ0n) is 16.4. The highest BCUT2D eigenvalue weighted by Crippen LogP contribution is 2.24. The van der Waals surface area contributed by atoms with Crippen LogP contribution in [0.25, 0.3) is 0 Å². The van der Waals surface area contributed by atoms with Crippen molar-refractivity contribution in [2.75, 3.05) is 19.7 Å². The standard InChI is InChI=1S/C22H24N2O5/c1-16-6-5-9-19(21(16)24(27)28)22(26)29-15-20(25)23-12-10-18(11-13-23)14-17-7-3-2-4-8-17/h2-9,18H,10-15H2,1H3. The molecular weight excluding hydrogens is 372 g/mol. The van der Waals surface area contributed by atoms with Crippen LogP contribution in [0.1, 0.15) is 34.3 Å². The molecule has 1 aliphatic heterocycles. The molecule has 2 aromatic carbocycles. The summed E-state index contributed by atoms with van der Waals surface area (Å²) < 4.78 is 5.08. The molecular formula is C22H24N2O5. The Morgan fingerprint density at radius 2 is 1.79 bits per heavy atom. The molecule has 7 nitrogen and oxygen atoms in total. The number of amides is 1. The molecule has 0 saturated carbocycles. The lowest BCUT2D eigenvalue weighted by atomic mass is 9.90. The highest BCUT2D eigenvalue weighted by Gasteiger charge is 2.26. The summed E-state index contributed by atoms with van der Waals surface area (Å²) in [6, 6.07) is 14.7. The number of esters is 1. The number of hydrogen-bond acceptors (Lipinski definition) is 5. The van der Waals surface area contributed by atoms with E-state index in [1.54, 1.807) is 24.0 Å². The zero-order valence-corrected chi connectivity index (χ0v) is 16.4. The Morgan fingerprint density at radius 1 is 1.10 bits per heavy atom. The summed E-state index contributed by atoms with van der Waals surface area (Å²) in [4.78, 5) is 37.0. The molecule has 2 aromatic rings. The second kappa shape index (κ2) is 9.32. The molecule has 7 heteroatoms. The van der Waals surface area contributed by atoms with Crippen molar-refractivity contribution < 1.29 is 19.2 Å². The Bertz CT molecular complexity index is 889. The highest BCUT2D eigenvalue weighted by molar-refractivity contribution is 5.95. The quantitative estimate of drug-likeness (QED) is 0.423. The van der Waals surface area contributed by atoms with E-state index in [0.717, 1.165) is 19.3 Å². The first-order chi connectivity index (χ1) is 14.0. The lowest BCUT2D eigenvalue weighted by molar-refractivity contribution is -0.385. The fourth-order valence-corrected chi connectivity index (χ4v) is 3.70. The number of carbonyl (C=O) groups is 2. The minimum Gasteiger partial charge on any atom is -0.452 e. The lowest BCUT2D eigenvalue weighted by Gasteiger charge is -2.32. The number of nitro groups is 1. The van der Waals surface area contributed by atoms with Gasteiger partial charge in [-0.2, -0.15) is 0 Å². The molecule has 0 N–H and O–H groups in total. The second-order valence-electron chi connectivity index (χ2n) is 7.32. The molecule has 1 saturated heterocycles. The molecule has 0 aliphatic carbocycles. The van der Waals surface area contributed by atoms with Crippen molar-refractivity contribution in [3.63, 3.8) is 0 Å². The molecule has 0 unspecified atom stereocenters. The number of benzene rings is 2. The molecule has 0 aromatic heterocycles. The van der Waals surface area contributed by atoms with Crippen LogP contribution in [0.3, 0.4) is 0 Å². The Hall–Kier alpha value is -3.22. The number of para-hydroxylation sites is 1. The van der Waals surface area contributed by atoms with Crippen LogP contribution >= 0.6 is 0 Å². The summed E-state index contributed by atoms with van der Waals surface area (Å²) in [5.41, 5.74) is 1.25. The van der Waals surface area contributed by atoms with Crippen LogP contribution in [0.15, 0.2) is 48.5 Å². The van der Waals surface area contributed by atoms with Crippen molar-refractivity contribution in [2.45, 2.75) is 26.2 Å². The van der Waals surface area contributed by atoms with E-state index in [9.17, 15) is 19.7 Å². The molecule has 3 rings (SSSR count). The Balaban J connectivity index is 1.50. The van der Waals surface area contributed by atoms with Crippen LogP contribution in [-0.2, 0) is 16.0 Å². The highest BCUT2D eigenvalue weighted by atomic mass is 16.6. The van der Waals surface area contributed by atoms with Gasteiger partial charge in [-0.15, -0.1) is 0 Å². The summed E-state index contributed by atoms with van der Waals surface area (Å²) in [6.45, 7) is 2.39. The monoisotopic (exact) mass is 396 g/mol. The number of likely N-dealkylation sites (tertiary alicyclic amines) is 1. The normalized spacial score (nSPS) is 14.4. The summed E-state index contributed by atoms with van der Waals surface area (Å²) >= 11 is 0. The van der Waals surface area contributed by atoms with Crippen molar-refractivity contribution in [1.29, 1.82) is 0 Å². The Kier molecular flexibility index (Phi) is 6.59.